The van der Waals surface area contributed by atoms with Crippen molar-refractivity contribution in [2.45, 2.75) is 58.4 Å². The van der Waals surface area contributed by atoms with Crippen LogP contribution < -0.4 is 10.9 Å². The molecule has 4 rings (SSSR count). The Kier molecular flexibility index (Phi) is 7.41. The standard InChI is InChI=1S/C28H33N5O2S/c1-18-25(27(35)33(32(18)5)22-9-7-6-8-10-22)31-24(34)13-14-36-26-20(17-29)15-19-16-21(28(2,3)4)11-12-23(19)30-26/h6-10,15,21H,11-14,16H2,1-5H3,(H,31,34). The van der Waals surface area contributed by atoms with Gasteiger partial charge in [0.05, 0.1) is 16.9 Å². The van der Waals surface area contributed by atoms with Crippen molar-refractivity contribution >= 4 is 23.4 Å². The highest BCUT2D eigenvalue weighted by Crippen LogP contribution is 2.38. The van der Waals surface area contributed by atoms with Gasteiger partial charge in [0, 0.05) is 24.9 Å². The Bertz CT molecular complexity index is 1380. The topological polar surface area (TPSA) is 92.7 Å². The van der Waals surface area contributed by atoms with E-state index in [2.05, 4.69) is 32.2 Å². The van der Waals surface area contributed by atoms with Crippen LogP contribution in [0.5, 0.6) is 0 Å². The van der Waals surface area contributed by atoms with E-state index >= 15 is 0 Å². The summed E-state index contributed by atoms with van der Waals surface area (Å²) in [7, 11) is 1.80. The van der Waals surface area contributed by atoms with Crippen LogP contribution in [0.15, 0.2) is 46.2 Å². The number of fused-ring (bicyclic) bond motifs is 1. The molecular formula is C28H33N5O2S. The van der Waals surface area contributed by atoms with Gasteiger partial charge in [0.2, 0.25) is 5.91 Å². The Morgan fingerprint density at radius 2 is 2.00 bits per heavy atom. The summed E-state index contributed by atoms with van der Waals surface area (Å²) in [5.41, 5.74) is 4.48. The summed E-state index contributed by atoms with van der Waals surface area (Å²) in [5, 5.41) is 13.2. The predicted octanol–water partition coefficient (Wildman–Crippen LogP) is 5.02. The molecule has 0 bridgehead atoms. The second-order valence-electron chi connectivity index (χ2n) is 10.4. The van der Waals surface area contributed by atoms with Crippen LogP contribution in [-0.4, -0.2) is 26.0 Å². The summed E-state index contributed by atoms with van der Waals surface area (Å²) in [6.07, 6.45) is 3.17. The Morgan fingerprint density at radius 1 is 1.28 bits per heavy atom. The average molecular weight is 504 g/mol. The third-order valence-electron chi connectivity index (χ3n) is 7.08. The fraction of sp³-hybridized carbons (Fsp3) is 0.429. The molecule has 0 aliphatic heterocycles. The minimum Gasteiger partial charge on any atom is -0.320 e. The van der Waals surface area contributed by atoms with Crippen molar-refractivity contribution in [2.75, 3.05) is 11.1 Å². The SMILES string of the molecule is Cc1c(NC(=O)CCSc2nc3c(cc2C#N)CC(C(C)(C)C)CC3)c(=O)n(-c2ccccc2)n1C. The number of aryl methyl sites for hydroxylation is 1. The Balaban J connectivity index is 1.42. The van der Waals surface area contributed by atoms with Crippen molar-refractivity contribution in [3.8, 4) is 11.8 Å². The van der Waals surface area contributed by atoms with Crippen LogP contribution in [0.2, 0.25) is 0 Å². The molecule has 1 N–H and O–H groups in total. The van der Waals surface area contributed by atoms with Crippen molar-refractivity contribution in [3.05, 3.63) is 69.3 Å². The normalized spacial score (nSPS) is 15.3. The van der Waals surface area contributed by atoms with Gasteiger partial charge in [0.25, 0.3) is 5.56 Å². The molecule has 36 heavy (non-hydrogen) atoms. The van der Waals surface area contributed by atoms with Crippen LogP contribution in [0.4, 0.5) is 5.69 Å². The zero-order valence-electron chi connectivity index (χ0n) is 21.6. The predicted molar refractivity (Wildman–Crippen MR) is 144 cm³/mol. The number of hydrogen-bond donors (Lipinski definition) is 1. The Morgan fingerprint density at radius 3 is 2.67 bits per heavy atom. The highest BCUT2D eigenvalue weighted by molar-refractivity contribution is 7.99. The summed E-state index contributed by atoms with van der Waals surface area (Å²) in [6, 6.07) is 13.6. The Labute approximate surface area is 216 Å². The molecule has 3 aromatic rings. The van der Waals surface area contributed by atoms with Crippen LogP contribution in [0, 0.1) is 29.6 Å². The molecule has 7 nitrogen and oxygen atoms in total. The van der Waals surface area contributed by atoms with Gasteiger partial charge in [-0.3, -0.25) is 14.3 Å². The van der Waals surface area contributed by atoms with Gasteiger partial charge in [-0.25, -0.2) is 9.67 Å². The van der Waals surface area contributed by atoms with E-state index in [1.807, 2.05) is 43.3 Å². The number of pyridine rings is 1. The van der Waals surface area contributed by atoms with Crippen LogP contribution in [0.25, 0.3) is 5.69 Å². The molecule has 0 fully saturated rings. The lowest BCUT2D eigenvalue weighted by molar-refractivity contribution is -0.115. The number of nitrogens with zero attached hydrogens (tertiary/aromatic N) is 4. The van der Waals surface area contributed by atoms with E-state index < -0.39 is 0 Å². The minimum atomic E-state index is -0.265. The molecule has 0 radical (unpaired) electrons. The molecule has 8 heteroatoms. The van der Waals surface area contributed by atoms with E-state index in [9.17, 15) is 14.9 Å². The lowest BCUT2D eigenvalue weighted by atomic mass is 9.71. The molecule has 1 unspecified atom stereocenters. The van der Waals surface area contributed by atoms with Gasteiger partial charge in [0.15, 0.2) is 0 Å². The van der Waals surface area contributed by atoms with Gasteiger partial charge < -0.3 is 5.32 Å². The third-order valence-corrected chi connectivity index (χ3v) is 8.08. The number of hydrogen-bond acceptors (Lipinski definition) is 5. The van der Waals surface area contributed by atoms with Crippen molar-refractivity contribution in [1.29, 1.82) is 5.26 Å². The molecule has 1 aliphatic carbocycles. The summed E-state index contributed by atoms with van der Waals surface area (Å²) < 4.78 is 3.28. The van der Waals surface area contributed by atoms with Crippen LogP contribution >= 0.6 is 11.8 Å². The zero-order chi connectivity index (χ0) is 26.0. The molecular weight excluding hydrogens is 470 g/mol. The quantitative estimate of drug-likeness (QED) is 0.477. The maximum absolute atomic E-state index is 13.0. The van der Waals surface area contributed by atoms with Crippen molar-refractivity contribution < 1.29 is 4.79 Å². The number of anilines is 1. The maximum Gasteiger partial charge on any atom is 0.295 e. The molecule has 2 aromatic heterocycles. The summed E-state index contributed by atoms with van der Waals surface area (Å²) >= 11 is 1.42. The molecule has 0 spiro atoms. The van der Waals surface area contributed by atoms with Gasteiger partial charge >= 0.3 is 0 Å². The second kappa shape index (κ2) is 10.4. The Hall–Kier alpha value is -3.31. The molecule has 0 saturated heterocycles. The number of thioether (sulfide) groups is 1. The lowest BCUT2D eigenvalue weighted by Gasteiger charge is -2.34. The monoisotopic (exact) mass is 503 g/mol. The summed E-state index contributed by atoms with van der Waals surface area (Å²) in [4.78, 5) is 30.5. The van der Waals surface area contributed by atoms with Gasteiger partial charge in [-0.1, -0.05) is 39.0 Å². The fourth-order valence-corrected chi connectivity index (χ4v) is 5.65. The van der Waals surface area contributed by atoms with Crippen LogP contribution in [0.3, 0.4) is 0 Å². The highest BCUT2D eigenvalue weighted by Gasteiger charge is 2.30. The van der Waals surface area contributed by atoms with E-state index in [1.54, 1.807) is 16.4 Å². The minimum absolute atomic E-state index is 0.208. The van der Waals surface area contributed by atoms with E-state index in [-0.39, 0.29) is 29.0 Å². The first-order chi connectivity index (χ1) is 17.1. The summed E-state index contributed by atoms with van der Waals surface area (Å²) in [6.45, 7) is 8.62. The second-order valence-corrected chi connectivity index (χ2v) is 11.5. The molecule has 0 saturated carbocycles. The number of para-hydroxylation sites is 1. The lowest BCUT2D eigenvalue weighted by Crippen LogP contribution is -2.27. The van der Waals surface area contributed by atoms with Crippen LogP contribution in [-0.2, 0) is 24.7 Å². The highest BCUT2D eigenvalue weighted by atomic mass is 32.2. The van der Waals surface area contributed by atoms with Gasteiger partial charge in [-0.2, -0.15) is 5.26 Å². The number of amides is 1. The number of benzene rings is 1. The van der Waals surface area contributed by atoms with Crippen molar-refractivity contribution in [2.24, 2.45) is 18.4 Å². The van der Waals surface area contributed by atoms with Gasteiger partial charge in [-0.15, -0.1) is 11.8 Å². The molecule has 2 heterocycles. The van der Waals surface area contributed by atoms with Crippen molar-refractivity contribution in [1.82, 2.24) is 14.3 Å². The van der Waals surface area contributed by atoms with Crippen molar-refractivity contribution in [3.63, 3.8) is 0 Å². The molecule has 1 aliphatic rings. The largest absolute Gasteiger partial charge is 0.320 e. The number of aromatic nitrogens is 3. The molecule has 1 amide bonds. The van der Waals surface area contributed by atoms with E-state index in [1.165, 1.54) is 17.3 Å². The zero-order valence-corrected chi connectivity index (χ0v) is 22.4. The maximum atomic E-state index is 13.0. The average Bonchev–Trinajstić information content (AvgIpc) is 3.06. The van der Waals surface area contributed by atoms with Crippen LogP contribution in [0.1, 0.15) is 56.1 Å². The van der Waals surface area contributed by atoms with E-state index in [0.717, 1.165) is 30.6 Å². The summed E-state index contributed by atoms with van der Waals surface area (Å²) in [5.74, 6) is 0.807. The first-order valence-electron chi connectivity index (χ1n) is 12.3. The number of nitriles is 1. The number of carbonyl (C=O) groups is 1. The molecule has 1 aromatic carbocycles. The first kappa shape index (κ1) is 25.8. The van der Waals surface area contributed by atoms with E-state index in [0.29, 0.717) is 28.0 Å². The molecule has 1 atom stereocenters. The van der Waals surface area contributed by atoms with Gasteiger partial charge in [-0.05, 0) is 61.3 Å². The smallest absolute Gasteiger partial charge is 0.295 e. The van der Waals surface area contributed by atoms with E-state index in [4.69, 9.17) is 4.98 Å². The number of rotatable bonds is 6. The fourth-order valence-electron chi connectivity index (χ4n) is 4.73. The van der Waals surface area contributed by atoms with Gasteiger partial charge in [0.1, 0.15) is 16.8 Å². The number of nitrogens with one attached hydrogen (secondary N) is 1. The molecule has 188 valence electrons. The third kappa shape index (κ3) is 5.26. The first-order valence-corrected chi connectivity index (χ1v) is 13.3. The number of carbonyl (C=O) groups excluding carboxylic acids is 1.